The summed E-state index contributed by atoms with van der Waals surface area (Å²) in [5, 5.41) is 13.0. The van der Waals surface area contributed by atoms with Gasteiger partial charge in [0.2, 0.25) is 0 Å². The monoisotopic (exact) mass is 365 g/mol. The van der Waals surface area contributed by atoms with Crippen LogP contribution in [0.5, 0.6) is 0 Å². The number of anilines is 2. The summed E-state index contributed by atoms with van der Waals surface area (Å²) in [7, 11) is 0. The molecule has 2 N–H and O–H groups in total. The van der Waals surface area contributed by atoms with Gasteiger partial charge in [-0.1, -0.05) is 84.9 Å². The molecule has 136 valence electrons. The van der Waals surface area contributed by atoms with Crippen molar-refractivity contribution in [2.75, 3.05) is 5.32 Å². The number of hydrogen-bond donors (Lipinski definition) is 2. The van der Waals surface area contributed by atoms with Crippen LogP contribution in [-0.4, -0.2) is 11.1 Å². The number of rotatable bonds is 5. The molecule has 4 rings (SSSR count). The van der Waals surface area contributed by atoms with Crippen LogP contribution in [0.4, 0.5) is 11.4 Å². The molecule has 0 atom stereocenters. The largest absolute Gasteiger partial charge is 0.478 e. The van der Waals surface area contributed by atoms with Crippen molar-refractivity contribution in [3.8, 4) is 22.3 Å². The van der Waals surface area contributed by atoms with Gasteiger partial charge in [0.1, 0.15) is 0 Å². The number of carbonyl (C=O) groups is 1. The van der Waals surface area contributed by atoms with Crippen LogP contribution in [0.2, 0.25) is 0 Å². The lowest BCUT2D eigenvalue weighted by molar-refractivity contribution is 0.0698. The fourth-order valence-electron chi connectivity index (χ4n) is 3.25. The molecule has 0 aliphatic heterocycles. The Bertz CT molecular complexity index is 1110. The van der Waals surface area contributed by atoms with Crippen LogP contribution in [0.3, 0.4) is 0 Å². The Morgan fingerprint density at radius 1 is 0.607 bits per heavy atom. The van der Waals surface area contributed by atoms with Gasteiger partial charge in [-0.15, -0.1) is 0 Å². The average molecular weight is 365 g/mol. The van der Waals surface area contributed by atoms with Crippen molar-refractivity contribution in [1.82, 2.24) is 0 Å². The van der Waals surface area contributed by atoms with Gasteiger partial charge in [-0.2, -0.15) is 0 Å². The van der Waals surface area contributed by atoms with Crippen LogP contribution < -0.4 is 5.32 Å². The highest BCUT2D eigenvalue weighted by Crippen LogP contribution is 2.33. The summed E-state index contributed by atoms with van der Waals surface area (Å²) in [5.41, 5.74) is 5.76. The minimum absolute atomic E-state index is 0.238. The molecule has 0 radical (unpaired) electrons. The normalized spacial score (nSPS) is 10.4. The van der Waals surface area contributed by atoms with Crippen LogP contribution in [0.1, 0.15) is 10.4 Å². The Balaban J connectivity index is 1.79. The molecule has 0 fully saturated rings. The minimum atomic E-state index is -0.959. The van der Waals surface area contributed by atoms with E-state index in [1.807, 2.05) is 97.1 Å². The molecule has 0 unspecified atom stereocenters. The van der Waals surface area contributed by atoms with E-state index in [2.05, 4.69) is 5.32 Å². The second-order valence-electron chi connectivity index (χ2n) is 6.47. The standard InChI is InChI=1S/C25H19NO2/c27-25(28)22-16-15-20(18-9-3-1-4-10-18)17-24(22)26-23-14-8-7-13-21(23)19-11-5-2-6-12-19/h1-17,26H,(H,27,28). The highest BCUT2D eigenvalue weighted by molar-refractivity contribution is 5.97. The molecule has 0 aliphatic rings. The number of carboxylic acid groups (broad SMARTS) is 1. The van der Waals surface area contributed by atoms with E-state index in [9.17, 15) is 9.90 Å². The first kappa shape index (κ1) is 17.6. The van der Waals surface area contributed by atoms with E-state index >= 15 is 0 Å². The third kappa shape index (κ3) is 3.64. The topological polar surface area (TPSA) is 49.3 Å². The molecule has 4 aromatic rings. The predicted molar refractivity (Wildman–Crippen MR) is 114 cm³/mol. The second-order valence-corrected chi connectivity index (χ2v) is 6.47. The van der Waals surface area contributed by atoms with Gasteiger partial charge in [-0.05, 0) is 34.9 Å². The fraction of sp³-hybridized carbons (Fsp3) is 0. The van der Waals surface area contributed by atoms with Gasteiger partial charge >= 0.3 is 5.97 Å². The Morgan fingerprint density at radius 3 is 1.89 bits per heavy atom. The molecule has 0 aliphatic carbocycles. The van der Waals surface area contributed by atoms with Crippen LogP contribution >= 0.6 is 0 Å². The summed E-state index contributed by atoms with van der Waals surface area (Å²) in [4.78, 5) is 11.8. The van der Waals surface area contributed by atoms with E-state index in [4.69, 9.17) is 0 Å². The number of aromatic carboxylic acids is 1. The first-order chi connectivity index (χ1) is 13.7. The molecule has 28 heavy (non-hydrogen) atoms. The second kappa shape index (κ2) is 7.80. The van der Waals surface area contributed by atoms with E-state index in [0.29, 0.717) is 5.69 Å². The Hall–Kier alpha value is -3.85. The number of nitrogens with one attached hydrogen (secondary N) is 1. The van der Waals surface area contributed by atoms with Crippen LogP contribution in [0.25, 0.3) is 22.3 Å². The zero-order chi connectivity index (χ0) is 19.3. The SMILES string of the molecule is O=C(O)c1ccc(-c2ccccc2)cc1Nc1ccccc1-c1ccccc1. The summed E-state index contributed by atoms with van der Waals surface area (Å²) in [6.07, 6.45) is 0. The summed E-state index contributed by atoms with van der Waals surface area (Å²) >= 11 is 0. The van der Waals surface area contributed by atoms with Gasteiger partial charge in [-0.3, -0.25) is 0 Å². The molecule has 0 heterocycles. The van der Waals surface area contributed by atoms with Crippen LogP contribution in [0.15, 0.2) is 103 Å². The van der Waals surface area contributed by atoms with Crippen LogP contribution in [-0.2, 0) is 0 Å². The first-order valence-electron chi connectivity index (χ1n) is 9.06. The number of carboxylic acids is 1. The Labute approximate surface area is 163 Å². The van der Waals surface area contributed by atoms with Gasteiger partial charge in [0.25, 0.3) is 0 Å². The van der Waals surface area contributed by atoms with Crippen molar-refractivity contribution in [3.05, 3.63) is 109 Å². The maximum atomic E-state index is 11.8. The highest BCUT2D eigenvalue weighted by Gasteiger charge is 2.13. The highest BCUT2D eigenvalue weighted by atomic mass is 16.4. The van der Waals surface area contributed by atoms with Crippen molar-refractivity contribution in [1.29, 1.82) is 0 Å². The van der Waals surface area contributed by atoms with Gasteiger partial charge < -0.3 is 10.4 Å². The number of hydrogen-bond acceptors (Lipinski definition) is 2. The van der Waals surface area contributed by atoms with E-state index < -0.39 is 5.97 Å². The molecular formula is C25H19NO2. The Morgan fingerprint density at radius 2 is 1.21 bits per heavy atom. The predicted octanol–water partition coefficient (Wildman–Crippen LogP) is 6.46. The molecule has 0 saturated heterocycles. The molecule has 3 nitrogen and oxygen atoms in total. The average Bonchev–Trinajstić information content (AvgIpc) is 2.75. The van der Waals surface area contributed by atoms with Crippen molar-refractivity contribution in [3.63, 3.8) is 0 Å². The maximum absolute atomic E-state index is 11.8. The van der Waals surface area contributed by atoms with E-state index in [-0.39, 0.29) is 5.56 Å². The van der Waals surface area contributed by atoms with E-state index in [0.717, 1.165) is 27.9 Å². The molecule has 0 spiro atoms. The Kier molecular flexibility index (Phi) is 4.89. The van der Waals surface area contributed by atoms with Crippen LogP contribution in [0, 0.1) is 0 Å². The summed E-state index contributed by atoms with van der Waals surface area (Å²) in [5.74, 6) is -0.959. The third-order valence-corrected chi connectivity index (χ3v) is 4.64. The molecular weight excluding hydrogens is 346 g/mol. The van der Waals surface area contributed by atoms with Gasteiger partial charge in [-0.25, -0.2) is 4.79 Å². The molecule has 0 saturated carbocycles. The van der Waals surface area contributed by atoms with Crippen molar-refractivity contribution >= 4 is 17.3 Å². The van der Waals surface area contributed by atoms with Crippen molar-refractivity contribution in [2.45, 2.75) is 0 Å². The quantitative estimate of drug-likeness (QED) is 0.426. The smallest absolute Gasteiger partial charge is 0.337 e. The fourth-order valence-corrected chi connectivity index (χ4v) is 3.25. The lowest BCUT2D eigenvalue weighted by Gasteiger charge is -2.15. The molecule has 4 aromatic carbocycles. The number of benzene rings is 4. The van der Waals surface area contributed by atoms with Crippen molar-refractivity contribution < 1.29 is 9.90 Å². The van der Waals surface area contributed by atoms with Gasteiger partial charge in [0.05, 0.1) is 11.3 Å². The third-order valence-electron chi connectivity index (χ3n) is 4.64. The zero-order valence-electron chi connectivity index (χ0n) is 15.2. The van der Waals surface area contributed by atoms with Crippen molar-refractivity contribution in [2.24, 2.45) is 0 Å². The summed E-state index contributed by atoms with van der Waals surface area (Å²) < 4.78 is 0. The minimum Gasteiger partial charge on any atom is -0.478 e. The van der Waals surface area contributed by atoms with E-state index in [1.54, 1.807) is 6.07 Å². The van der Waals surface area contributed by atoms with E-state index in [1.165, 1.54) is 0 Å². The molecule has 0 bridgehead atoms. The maximum Gasteiger partial charge on any atom is 0.337 e. The lowest BCUT2D eigenvalue weighted by Crippen LogP contribution is -2.03. The zero-order valence-corrected chi connectivity index (χ0v) is 15.2. The molecule has 0 amide bonds. The summed E-state index contributed by atoms with van der Waals surface area (Å²) in [6, 6.07) is 33.3. The summed E-state index contributed by atoms with van der Waals surface area (Å²) in [6.45, 7) is 0. The van der Waals surface area contributed by atoms with Gasteiger partial charge in [0, 0.05) is 11.3 Å². The molecule has 3 heteroatoms. The van der Waals surface area contributed by atoms with Gasteiger partial charge in [0.15, 0.2) is 0 Å². The number of para-hydroxylation sites is 1. The molecule has 0 aromatic heterocycles. The lowest BCUT2D eigenvalue weighted by atomic mass is 10.0. The first-order valence-corrected chi connectivity index (χ1v) is 9.06.